The summed E-state index contributed by atoms with van der Waals surface area (Å²) in [6.45, 7) is 2.00. The molecule has 15 heavy (non-hydrogen) atoms. The van der Waals surface area contributed by atoms with E-state index in [1.807, 2.05) is 25.1 Å². The zero-order valence-electron chi connectivity index (χ0n) is 8.47. The Kier molecular flexibility index (Phi) is 2.63. The molecular formula is C12H13NO2. The molecule has 3 heteroatoms. The van der Waals surface area contributed by atoms with Crippen molar-refractivity contribution in [1.29, 1.82) is 0 Å². The SMILES string of the molecule is CC(Nc1cccc(O)c1)c1ccco1. The monoisotopic (exact) mass is 203 g/mol. The highest BCUT2D eigenvalue weighted by atomic mass is 16.3. The van der Waals surface area contributed by atoms with Crippen molar-refractivity contribution in [1.82, 2.24) is 0 Å². The van der Waals surface area contributed by atoms with E-state index in [4.69, 9.17) is 4.42 Å². The van der Waals surface area contributed by atoms with Gasteiger partial charge in [-0.1, -0.05) is 6.07 Å². The van der Waals surface area contributed by atoms with Gasteiger partial charge in [0.1, 0.15) is 11.5 Å². The normalized spacial score (nSPS) is 12.3. The highest BCUT2D eigenvalue weighted by Gasteiger charge is 2.07. The lowest BCUT2D eigenvalue weighted by Crippen LogP contribution is -2.04. The first kappa shape index (κ1) is 9.65. The molecule has 0 amide bonds. The third-order valence-corrected chi connectivity index (χ3v) is 2.20. The third kappa shape index (κ3) is 2.31. The molecule has 1 aromatic heterocycles. The van der Waals surface area contributed by atoms with Gasteiger partial charge in [0.2, 0.25) is 0 Å². The number of rotatable bonds is 3. The van der Waals surface area contributed by atoms with Crippen molar-refractivity contribution < 1.29 is 9.52 Å². The van der Waals surface area contributed by atoms with Crippen LogP contribution in [0.5, 0.6) is 5.75 Å². The fourth-order valence-electron chi connectivity index (χ4n) is 1.45. The Balaban J connectivity index is 2.09. The summed E-state index contributed by atoms with van der Waals surface area (Å²) in [7, 11) is 0. The van der Waals surface area contributed by atoms with Crippen LogP contribution in [-0.2, 0) is 0 Å². The van der Waals surface area contributed by atoms with Crippen molar-refractivity contribution in [2.24, 2.45) is 0 Å². The summed E-state index contributed by atoms with van der Waals surface area (Å²) in [5.74, 6) is 1.13. The van der Waals surface area contributed by atoms with Crippen LogP contribution in [0.3, 0.4) is 0 Å². The van der Waals surface area contributed by atoms with Gasteiger partial charge in [-0.2, -0.15) is 0 Å². The summed E-state index contributed by atoms with van der Waals surface area (Å²) in [6, 6.07) is 10.9. The topological polar surface area (TPSA) is 45.4 Å². The average Bonchev–Trinajstić information content (AvgIpc) is 2.70. The van der Waals surface area contributed by atoms with Crippen LogP contribution < -0.4 is 5.32 Å². The standard InChI is InChI=1S/C12H13NO2/c1-9(12-6-3-7-15-12)13-10-4-2-5-11(14)8-10/h2-9,13-14H,1H3. The fraction of sp³-hybridized carbons (Fsp3) is 0.167. The average molecular weight is 203 g/mol. The molecule has 1 heterocycles. The van der Waals surface area contributed by atoms with E-state index >= 15 is 0 Å². The van der Waals surface area contributed by atoms with E-state index in [-0.39, 0.29) is 11.8 Å². The summed E-state index contributed by atoms with van der Waals surface area (Å²) < 4.78 is 5.27. The number of furan rings is 1. The second kappa shape index (κ2) is 4.09. The second-order valence-corrected chi connectivity index (χ2v) is 3.43. The number of nitrogens with one attached hydrogen (secondary N) is 1. The van der Waals surface area contributed by atoms with Gasteiger partial charge in [-0.3, -0.25) is 0 Å². The van der Waals surface area contributed by atoms with Crippen LogP contribution in [0.1, 0.15) is 18.7 Å². The molecule has 0 aliphatic rings. The first-order valence-corrected chi connectivity index (χ1v) is 4.84. The summed E-state index contributed by atoms with van der Waals surface area (Å²) >= 11 is 0. The van der Waals surface area contributed by atoms with Crippen molar-refractivity contribution in [3.05, 3.63) is 48.4 Å². The minimum atomic E-state index is 0.0850. The highest BCUT2D eigenvalue weighted by molar-refractivity contribution is 5.48. The van der Waals surface area contributed by atoms with Crippen LogP contribution in [0.15, 0.2) is 47.1 Å². The second-order valence-electron chi connectivity index (χ2n) is 3.43. The van der Waals surface area contributed by atoms with Gasteiger partial charge in [0, 0.05) is 11.8 Å². The molecule has 0 fully saturated rings. The third-order valence-electron chi connectivity index (χ3n) is 2.20. The smallest absolute Gasteiger partial charge is 0.125 e. The number of hydrogen-bond acceptors (Lipinski definition) is 3. The van der Waals surface area contributed by atoms with Crippen molar-refractivity contribution in [2.45, 2.75) is 13.0 Å². The van der Waals surface area contributed by atoms with Crippen LogP contribution in [0.2, 0.25) is 0 Å². The molecule has 78 valence electrons. The lowest BCUT2D eigenvalue weighted by atomic mass is 10.2. The zero-order valence-corrected chi connectivity index (χ0v) is 8.47. The Morgan fingerprint density at radius 3 is 2.80 bits per heavy atom. The maximum absolute atomic E-state index is 9.29. The van der Waals surface area contributed by atoms with Crippen LogP contribution in [0.25, 0.3) is 0 Å². The molecule has 0 bridgehead atoms. The summed E-state index contributed by atoms with van der Waals surface area (Å²) in [4.78, 5) is 0. The van der Waals surface area contributed by atoms with Gasteiger partial charge in [0.15, 0.2) is 0 Å². The molecule has 2 aromatic rings. The molecule has 0 aliphatic carbocycles. The lowest BCUT2D eigenvalue weighted by Gasteiger charge is -2.12. The maximum atomic E-state index is 9.29. The molecule has 0 aliphatic heterocycles. The molecule has 0 saturated heterocycles. The van der Waals surface area contributed by atoms with Gasteiger partial charge in [-0.25, -0.2) is 0 Å². The molecule has 0 saturated carbocycles. The van der Waals surface area contributed by atoms with E-state index in [0.717, 1.165) is 11.4 Å². The first-order chi connectivity index (χ1) is 7.25. The Bertz CT molecular complexity index is 423. The number of anilines is 1. The number of hydrogen-bond donors (Lipinski definition) is 2. The Morgan fingerprint density at radius 1 is 1.27 bits per heavy atom. The number of benzene rings is 1. The minimum absolute atomic E-state index is 0.0850. The Morgan fingerprint density at radius 2 is 2.13 bits per heavy atom. The predicted molar refractivity (Wildman–Crippen MR) is 58.9 cm³/mol. The van der Waals surface area contributed by atoms with Crippen LogP contribution in [0.4, 0.5) is 5.69 Å². The Labute approximate surface area is 88.4 Å². The molecule has 2 rings (SSSR count). The molecule has 3 nitrogen and oxygen atoms in total. The van der Waals surface area contributed by atoms with Gasteiger partial charge in [0.05, 0.1) is 12.3 Å². The number of aromatic hydroxyl groups is 1. The van der Waals surface area contributed by atoms with Crippen molar-refractivity contribution in [3.63, 3.8) is 0 Å². The van der Waals surface area contributed by atoms with E-state index in [0.29, 0.717) is 0 Å². The van der Waals surface area contributed by atoms with Crippen molar-refractivity contribution >= 4 is 5.69 Å². The van der Waals surface area contributed by atoms with Crippen LogP contribution in [-0.4, -0.2) is 5.11 Å². The van der Waals surface area contributed by atoms with E-state index in [9.17, 15) is 5.11 Å². The highest BCUT2D eigenvalue weighted by Crippen LogP contribution is 2.21. The number of phenols is 1. The van der Waals surface area contributed by atoms with Crippen LogP contribution >= 0.6 is 0 Å². The van der Waals surface area contributed by atoms with E-state index in [1.165, 1.54) is 0 Å². The first-order valence-electron chi connectivity index (χ1n) is 4.84. The summed E-state index contributed by atoms with van der Waals surface area (Å²) in [5.41, 5.74) is 0.874. The van der Waals surface area contributed by atoms with Gasteiger partial charge in [0.25, 0.3) is 0 Å². The van der Waals surface area contributed by atoms with Gasteiger partial charge in [-0.05, 0) is 31.2 Å². The van der Waals surface area contributed by atoms with Gasteiger partial charge in [-0.15, -0.1) is 0 Å². The minimum Gasteiger partial charge on any atom is -0.508 e. The summed E-state index contributed by atoms with van der Waals surface area (Å²) in [5, 5.41) is 12.5. The Hall–Kier alpha value is -1.90. The molecule has 1 unspecified atom stereocenters. The molecular weight excluding hydrogens is 190 g/mol. The molecule has 2 N–H and O–H groups in total. The summed E-state index contributed by atoms with van der Waals surface area (Å²) in [6.07, 6.45) is 1.65. The largest absolute Gasteiger partial charge is 0.508 e. The van der Waals surface area contributed by atoms with E-state index < -0.39 is 0 Å². The predicted octanol–water partition coefficient (Wildman–Crippen LogP) is 3.16. The molecule has 1 atom stereocenters. The van der Waals surface area contributed by atoms with E-state index in [2.05, 4.69) is 5.32 Å². The van der Waals surface area contributed by atoms with Crippen molar-refractivity contribution in [2.75, 3.05) is 5.32 Å². The quantitative estimate of drug-likeness (QED) is 0.805. The van der Waals surface area contributed by atoms with E-state index in [1.54, 1.807) is 24.5 Å². The zero-order chi connectivity index (χ0) is 10.7. The molecule has 0 radical (unpaired) electrons. The number of phenolic OH excluding ortho intramolecular Hbond substituents is 1. The van der Waals surface area contributed by atoms with Gasteiger partial charge < -0.3 is 14.8 Å². The molecule has 1 aromatic carbocycles. The fourth-order valence-corrected chi connectivity index (χ4v) is 1.45. The maximum Gasteiger partial charge on any atom is 0.125 e. The molecule has 0 spiro atoms. The van der Waals surface area contributed by atoms with Gasteiger partial charge >= 0.3 is 0 Å². The lowest BCUT2D eigenvalue weighted by molar-refractivity contribution is 0.474. The van der Waals surface area contributed by atoms with Crippen LogP contribution in [0, 0.1) is 0 Å². The van der Waals surface area contributed by atoms with Crippen molar-refractivity contribution in [3.8, 4) is 5.75 Å².